The molecular weight excluding hydrogens is 1280 g/mol. The summed E-state index contributed by atoms with van der Waals surface area (Å²) < 4.78 is 13.7. The number of aliphatic hydroxyl groups is 2. The molecule has 0 amide bonds. The molecule has 0 bridgehead atoms. The number of hydrogen-bond acceptors (Lipinski definition) is 15. The number of nitrogens with zero attached hydrogens (tertiary/aromatic N) is 6. The van der Waals surface area contributed by atoms with Crippen molar-refractivity contribution in [3.8, 4) is 34.4 Å². The van der Waals surface area contributed by atoms with Crippen molar-refractivity contribution in [2.75, 3.05) is 36.8 Å². The van der Waals surface area contributed by atoms with E-state index in [0.717, 1.165) is 135 Å². The summed E-state index contributed by atoms with van der Waals surface area (Å²) in [5.74, 6) is 11.1. The molecule has 3 fully saturated rings. The topological polar surface area (TPSA) is 190 Å². The number of carbonyl (C=O) groups is 1. The molecule has 3 aliphatic rings. The second kappa shape index (κ2) is 37.4. The zero-order valence-corrected chi connectivity index (χ0v) is 62.7. The van der Waals surface area contributed by atoms with Crippen LogP contribution < -0.4 is 80.5 Å². The van der Waals surface area contributed by atoms with Crippen LogP contribution in [0.15, 0.2) is 126 Å². The average Bonchev–Trinajstić information content (AvgIpc) is 1.72. The number of anilines is 4. The van der Waals surface area contributed by atoms with Crippen molar-refractivity contribution in [3.05, 3.63) is 171 Å². The number of pyridine rings is 4. The second-order valence-electron chi connectivity index (χ2n) is 24.4. The molecule has 94 heavy (non-hydrogen) atoms. The Labute approximate surface area is 614 Å². The molecule has 488 valence electrons. The summed E-state index contributed by atoms with van der Waals surface area (Å²) in [5, 5.41) is 37.2. The fourth-order valence-corrected chi connectivity index (χ4v) is 14.3. The molecule has 0 radical (unpaired) electrons. The summed E-state index contributed by atoms with van der Waals surface area (Å²) in [6, 6.07) is 37.1. The number of nitrogens with one attached hydrogen (secondary N) is 2. The van der Waals surface area contributed by atoms with Crippen molar-refractivity contribution in [2.45, 2.75) is 165 Å². The van der Waals surface area contributed by atoms with Gasteiger partial charge in [0, 0.05) is 102 Å². The van der Waals surface area contributed by atoms with Gasteiger partial charge in [0.2, 0.25) is 0 Å². The molecule has 0 saturated carbocycles. The third-order valence-electron chi connectivity index (χ3n) is 18.0. The van der Waals surface area contributed by atoms with E-state index in [1.54, 1.807) is 0 Å². The first kappa shape index (κ1) is 81.1. The Hall–Kier alpha value is -5.33. The van der Waals surface area contributed by atoms with Gasteiger partial charge in [-0.25, -0.2) is 9.97 Å². The Morgan fingerprint density at radius 2 is 1.13 bits per heavy atom. The Balaban J connectivity index is 0.000000370. The van der Waals surface area contributed by atoms with Crippen molar-refractivity contribution in [1.29, 1.82) is 0 Å². The Morgan fingerprint density at radius 3 is 1.59 bits per heavy atom. The molecule has 15 nitrogen and oxygen atoms in total. The third-order valence-corrected chi connectivity index (χ3v) is 23.6. The molecule has 11 rings (SSSR count). The van der Waals surface area contributed by atoms with Crippen molar-refractivity contribution in [1.82, 2.24) is 29.7 Å². The maximum atomic E-state index is 9.81. The van der Waals surface area contributed by atoms with Crippen LogP contribution in [0.5, 0.6) is 0 Å². The van der Waals surface area contributed by atoms with Gasteiger partial charge in [-0.15, -0.1) is 11.5 Å². The predicted octanol–water partition coefficient (Wildman–Crippen LogP) is 8.13. The quantitative estimate of drug-likeness (QED) is 0.0268. The molecule has 0 aliphatic carbocycles. The molecule has 3 aliphatic heterocycles. The van der Waals surface area contributed by atoms with E-state index in [1.165, 1.54) is 45.9 Å². The van der Waals surface area contributed by atoms with Gasteiger partial charge in [-0.2, -0.15) is 0 Å². The van der Waals surface area contributed by atoms with Crippen LogP contribution in [-0.2, 0) is 32.1 Å². The minimum atomic E-state index is -1.32. The van der Waals surface area contributed by atoms with Crippen LogP contribution in [0.4, 0.5) is 23.0 Å². The van der Waals surface area contributed by atoms with Crippen LogP contribution in [-0.4, -0.2) is 111 Å². The molecule has 8 aromatic rings. The van der Waals surface area contributed by atoms with E-state index in [-0.39, 0.29) is 105 Å². The van der Waals surface area contributed by atoms with Gasteiger partial charge in [0.1, 0.15) is 19.1 Å². The van der Waals surface area contributed by atoms with E-state index in [9.17, 15) is 10.2 Å². The SMILES string of the molecule is C.C.CC#Cc1cccc(-c2cccc(Nc3nccc4cc(CN5CC[C@@H](O)C5)cnc34)c2C)c1C.CC[Si](C#Cc1cccc(Br)c1C)(CC)CC.Cc1c(Nc2nccc3cc(CN4CC[C@@H](O)C4)cnc23)cccc1B1OC(C)(C)C(C)(C)O1.O=CO[O-].[H-].[Na+].[Na+]. The number of benzene rings is 4. The molecule has 4 aromatic carbocycles. The fraction of sp³-hybridized carbons (Fsp3) is 0.392. The summed E-state index contributed by atoms with van der Waals surface area (Å²) in [6.45, 7) is 30.2. The minimum absolute atomic E-state index is 0. The van der Waals surface area contributed by atoms with Gasteiger partial charge in [0.05, 0.1) is 23.4 Å². The first-order valence-electron chi connectivity index (χ1n) is 31.1. The van der Waals surface area contributed by atoms with Gasteiger partial charge < -0.3 is 41.7 Å². The van der Waals surface area contributed by atoms with Gasteiger partial charge in [-0.3, -0.25) is 24.6 Å². The molecule has 20 heteroatoms. The van der Waals surface area contributed by atoms with Gasteiger partial charge in [0.25, 0.3) is 6.47 Å². The van der Waals surface area contributed by atoms with Gasteiger partial charge in [-0.1, -0.05) is 106 Å². The van der Waals surface area contributed by atoms with Crippen molar-refractivity contribution in [2.24, 2.45) is 0 Å². The summed E-state index contributed by atoms with van der Waals surface area (Å²) in [5.41, 5.74) is 19.0. The number of carbonyl (C=O) groups excluding carboxylic acids is 1. The molecule has 0 unspecified atom stereocenters. The van der Waals surface area contributed by atoms with Gasteiger partial charge in [0.15, 0.2) is 11.6 Å². The van der Waals surface area contributed by atoms with Crippen molar-refractivity contribution in [3.63, 3.8) is 0 Å². The van der Waals surface area contributed by atoms with Gasteiger partial charge >= 0.3 is 66.2 Å². The van der Waals surface area contributed by atoms with E-state index in [2.05, 4.69) is 223 Å². The second-order valence-corrected chi connectivity index (χ2v) is 30.2. The van der Waals surface area contributed by atoms with Crippen molar-refractivity contribution < 1.29 is 95.0 Å². The van der Waals surface area contributed by atoms with Crippen LogP contribution in [0.1, 0.15) is 129 Å². The van der Waals surface area contributed by atoms with E-state index in [4.69, 9.17) is 29.3 Å². The van der Waals surface area contributed by atoms with E-state index >= 15 is 0 Å². The van der Waals surface area contributed by atoms with Crippen LogP contribution >= 0.6 is 15.9 Å². The summed E-state index contributed by atoms with van der Waals surface area (Å²) >= 11 is 3.56. The number of β-amino-alcohol motifs (C(OH)–C–C–N with tert-alkyl or cyclic N) is 2. The van der Waals surface area contributed by atoms with Crippen LogP contribution in [0.3, 0.4) is 0 Å². The number of likely N-dealkylation sites (tertiary alicyclic amines) is 2. The number of halogens is 1. The molecular formula is C74H94BBrN8Na2O7Si. The number of rotatable bonds is 14. The van der Waals surface area contributed by atoms with Crippen LogP contribution in [0.2, 0.25) is 18.1 Å². The van der Waals surface area contributed by atoms with E-state index in [0.29, 0.717) is 0 Å². The van der Waals surface area contributed by atoms with Gasteiger partial charge in [-0.05, 0) is 198 Å². The fourth-order valence-electron chi connectivity index (χ4n) is 11.5. The smallest absolute Gasteiger partial charge is 1.00 e. The normalized spacial score (nSPS) is 16.0. The Morgan fingerprint density at radius 1 is 0.681 bits per heavy atom. The molecule has 2 atom stereocenters. The maximum absolute atomic E-state index is 9.81. The predicted molar refractivity (Wildman–Crippen MR) is 383 cm³/mol. The molecule has 0 spiro atoms. The summed E-state index contributed by atoms with van der Waals surface area (Å²) in [6.07, 6.45) is 8.71. The Bertz CT molecular complexity index is 3930. The van der Waals surface area contributed by atoms with E-state index < -0.39 is 15.2 Å². The molecule has 7 heterocycles. The molecule has 3 saturated heterocycles. The first-order valence-corrected chi connectivity index (χ1v) is 34.5. The zero-order valence-electron chi connectivity index (χ0n) is 57.1. The molecule has 4 N–H and O–H groups in total. The standard InChI is InChI=1S/C30H30N4O.C26H33BN4O3.C15H21BrSi.CH2O3.2CH4.2Na.H/c1-4-7-23-8-5-9-26(20(23)2)27-10-6-11-28(21(27)3)33-30-29-24(12-14-31-30)16-22(17-32-29)18-34-15-13-25(35)19-34;1-17-21(27-33-25(2,3)26(4,5)34-27)7-6-8-22(17)30-24-23-19(9-11-28-24)13-18(14-29-23)15-31-12-10-20(32)16-31;1-5-17(6-2,7-3)12-11-14-9-8-10-15(16)13(14)4;2-1-4-3;;;;;/h5-6,8-12,14,16-17,25,35H,13,15,18-19H2,1-3H3,(H,31,33);6-9,11,13-14,20,32H,10,12,15-16H2,1-5H3,(H,28,30);8-10H,5-7H2,1-4H3;1,3H;2*1H4;;;/q;;;;;;2*+1;-1/p-1/t25-;20-;;;;;;;/m11......./s1. The van der Waals surface area contributed by atoms with Crippen molar-refractivity contribution >= 4 is 87.9 Å². The maximum Gasteiger partial charge on any atom is 1.00 e. The van der Waals surface area contributed by atoms with Crippen LogP contribution in [0.25, 0.3) is 32.9 Å². The Kier molecular flexibility index (Phi) is 32.3. The number of aromatic nitrogens is 4. The molecule has 4 aromatic heterocycles. The minimum Gasteiger partial charge on any atom is -1.00 e. The summed E-state index contributed by atoms with van der Waals surface area (Å²) in [4.78, 5) is 34.5. The average molecular weight is 1370 g/mol. The van der Waals surface area contributed by atoms with Crippen LogP contribution in [0, 0.1) is 51.0 Å². The zero-order chi connectivity index (χ0) is 64.8. The largest absolute Gasteiger partial charge is 1.00 e. The van der Waals surface area contributed by atoms with E-state index in [1.807, 2.05) is 56.0 Å². The number of aliphatic hydroxyl groups excluding tert-OH is 2. The third kappa shape index (κ3) is 20.4. The number of fused-ring (bicyclic) bond motifs is 2. The first-order chi connectivity index (χ1) is 43.2. The number of hydrogen-bond donors (Lipinski definition) is 4. The monoisotopic (exact) mass is 1370 g/mol. The summed E-state index contributed by atoms with van der Waals surface area (Å²) in [7, 11) is -1.74.